The SMILES string of the molecule is CCCC[C@H](C)C(=O)NS(=O)(=O)c1sccc1OC. The number of unbranched alkanes of at least 4 members (excludes halogenated alkanes) is 1. The Kier molecular flexibility index (Phi) is 5.81. The third kappa shape index (κ3) is 4.21. The largest absolute Gasteiger partial charge is 0.494 e. The van der Waals surface area contributed by atoms with Crippen molar-refractivity contribution < 1.29 is 17.9 Å². The first kappa shape index (κ1) is 16.0. The highest BCUT2D eigenvalue weighted by atomic mass is 32.2. The van der Waals surface area contributed by atoms with Crippen LogP contribution in [0.25, 0.3) is 0 Å². The third-order valence-electron chi connectivity index (χ3n) is 2.73. The Balaban J connectivity index is 2.78. The summed E-state index contributed by atoms with van der Waals surface area (Å²) in [4.78, 5) is 11.8. The molecule has 0 radical (unpaired) electrons. The molecule has 0 spiro atoms. The second kappa shape index (κ2) is 6.91. The van der Waals surface area contributed by atoms with Crippen LogP contribution in [0.15, 0.2) is 15.7 Å². The van der Waals surface area contributed by atoms with Crippen molar-refractivity contribution in [2.75, 3.05) is 7.11 Å². The number of amides is 1. The molecule has 1 N–H and O–H groups in total. The first-order chi connectivity index (χ1) is 8.92. The molecule has 0 aromatic carbocycles. The van der Waals surface area contributed by atoms with Crippen molar-refractivity contribution in [2.24, 2.45) is 5.92 Å². The summed E-state index contributed by atoms with van der Waals surface area (Å²) in [5.74, 6) is -0.531. The van der Waals surface area contributed by atoms with Gasteiger partial charge in [0.15, 0.2) is 4.21 Å². The number of sulfonamides is 1. The van der Waals surface area contributed by atoms with Crippen molar-refractivity contribution in [3.05, 3.63) is 11.4 Å². The van der Waals surface area contributed by atoms with E-state index in [2.05, 4.69) is 4.72 Å². The minimum atomic E-state index is -3.84. The fourth-order valence-corrected chi connectivity index (χ4v) is 3.91. The predicted molar refractivity (Wildman–Crippen MR) is 74.9 cm³/mol. The molecule has 0 aliphatic carbocycles. The summed E-state index contributed by atoms with van der Waals surface area (Å²) < 4.78 is 31.2. The van der Waals surface area contributed by atoms with Gasteiger partial charge in [-0.15, -0.1) is 11.3 Å². The lowest BCUT2D eigenvalue weighted by Gasteiger charge is -2.12. The average Bonchev–Trinajstić information content (AvgIpc) is 2.84. The normalized spacial score (nSPS) is 13.0. The Morgan fingerprint density at radius 1 is 1.53 bits per heavy atom. The summed E-state index contributed by atoms with van der Waals surface area (Å²) >= 11 is 1.02. The molecular weight excluding hydrogens is 286 g/mol. The Morgan fingerprint density at radius 2 is 2.21 bits per heavy atom. The molecule has 1 rings (SSSR count). The predicted octanol–water partition coefficient (Wildman–Crippen LogP) is 2.39. The van der Waals surface area contributed by atoms with Gasteiger partial charge >= 0.3 is 0 Å². The molecule has 19 heavy (non-hydrogen) atoms. The molecule has 1 amide bonds. The maximum Gasteiger partial charge on any atom is 0.277 e. The minimum Gasteiger partial charge on any atom is -0.494 e. The molecule has 0 aliphatic rings. The molecule has 0 saturated heterocycles. The lowest BCUT2D eigenvalue weighted by atomic mass is 10.0. The van der Waals surface area contributed by atoms with Crippen LogP contribution in [0.4, 0.5) is 0 Å². The van der Waals surface area contributed by atoms with E-state index in [0.29, 0.717) is 6.42 Å². The molecule has 5 nitrogen and oxygen atoms in total. The molecule has 108 valence electrons. The van der Waals surface area contributed by atoms with Gasteiger partial charge in [0, 0.05) is 5.92 Å². The van der Waals surface area contributed by atoms with Crippen LogP contribution in [0.5, 0.6) is 5.75 Å². The average molecular weight is 305 g/mol. The van der Waals surface area contributed by atoms with Gasteiger partial charge in [-0.25, -0.2) is 13.1 Å². The van der Waals surface area contributed by atoms with E-state index in [1.165, 1.54) is 7.11 Å². The van der Waals surface area contributed by atoms with Gasteiger partial charge in [0.05, 0.1) is 7.11 Å². The van der Waals surface area contributed by atoms with Crippen molar-refractivity contribution in [3.63, 3.8) is 0 Å². The van der Waals surface area contributed by atoms with Gasteiger partial charge in [0.2, 0.25) is 5.91 Å². The standard InChI is InChI=1S/C12H19NO4S2/c1-4-5-6-9(2)11(14)13-19(15,16)12-10(17-3)7-8-18-12/h7-9H,4-6H2,1-3H3,(H,13,14)/t9-/m0/s1. The Bertz CT molecular complexity index is 522. The number of rotatable bonds is 7. The number of thiophene rings is 1. The fraction of sp³-hybridized carbons (Fsp3) is 0.583. The molecule has 1 aromatic heterocycles. The Morgan fingerprint density at radius 3 is 2.79 bits per heavy atom. The van der Waals surface area contributed by atoms with E-state index < -0.39 is 15.9 Å². The van der Waals surface area contributed by atoms with Gasteiger partial charge in [0.1, 0.15) is 5.75 Å². The van der Waals surface area contributed by atoms with E-state index in [-0.39, 0.29) is 15.9 Å². The van der Waals surface area contributed by atoms with E-state index in [9.17, 15) is 13.2 Å². The van der Waals surface area contributed by atoms with E-state index in [1.807, 2.05) is 6.92 Å². The summed E-state index contributed by atoms with van der Waals surface area (Å²) in [7, 11) is -2.44. The summed E-state index contributed by atoms with van der Waals surface area (Å²) in [6.45, 7) is 3.75. The summed E-state index contributed by atoms with van der Waals surface area (Å²) in [6, 6.07) is 1.56. The third-order valence-corrected chi connectivity index (χ3v) is 5.53. The zero-order valence-electron chi connectivity index (χ0n) is 11.3. The number of carbonyl (C=O) groups excluding carboxylic acids is 1. The first-order valence-corrected chi connectivity index (χ1v) is 8.46. The highest BCUT2D eigenvalue weighted by molar-refractivity contribution is 7.92. The van der Waals surface area contributed by atoms with Gasteiger partial charge in [-0.3, -0.25) is 4.79 Å². The van der Waals surface area contributed by atoms with Crippen LogP contribution in [-0.2, 0) is 14.8 Å². The minimum absolute atomic E-state index is 0.0334. The number of hydrogen-bond donors (Lipinski definition) is 1. The van der Waals surface area contributed by atoms with Crippen LogP contribution in [0.2, 0.25) is 0 Å². The molecule has 1 atom stereocenters. The van der Waals surface area contributed by atoms with Crippen molar-refractivity contribution in [1.82, 2.24) is 4.72 Å². The molecule has 7 heteroatoms. The van der Waals surface area contributed by atoms with Gasteiger partial charge in [-0.2, -0.15) is 0 Å². The number of carbonyl (C=O) groups is 1. The Hall–Kier alpha value is -1.08. The topological polar surface area (TPSA) is 72.5 Å². The monoisotopic (exact) mass is 305 g/mol. The van der Waals surface area contributed by atoms with E-state index in [0.717, 1.165) is 24.2 Å². The van der Waals surface area contributed by atoms with Gasteiger partial charge in [-0.1, -0.05) is 26.7 Å². The fourth-order valence-electron chi connectivity index (χ4n) is 1.55. The zero-order chi connectivity index (χ0) is 14.5. The van der Waals surface area contributed by atoms with E-state index in [4.69, 9.17) is 4.74 Å². The highest BCUT2D eigenvalue weighted by Crippen LogP contribution is 2.29. The van der Waals surface area contributed by atoms with Crippen molar-refractivity contribution in [2.45, 2.75) is 37.3 Å². The van der Waals surface area contributed by atoms with Crippen LogP contribution in [0, 0.1) is 5.92 Å². The number of methoxy groups -OCH3 is 1. The molecular formula is C12H19NO4S2. The number of ether oxygens (including phenoxy) is 1. The molecule has 0 saturated carbocycles. The highest BCUT2D eigenvalue weighted by Gasteiger charge is 2.25. The summed E-state index contributed by atoms with van der Waals surface area (Å²) in [6.07, 6.45) is 2.56. The number of nitrogens with one attached hydrogen (secondary N) is 1. The molecule has 0 aliphatic heterocycles. The van der Waals surface area contributed by atoms with Gasteiger partial charge in [-0.05, 0) is 17.9 Å². The van der Waals surface area contributed by atoms with Crippen molar-refractivity contribution >= 4 is 27.3 Å². The van der Waals surface area contributed by atoms with Crippen LogP contribution in [0.3, 0.4) is 0 Å². The molecule has 1 aromatic rings. The molecule has 0 unspecified atom stereocenters. The lowest BCUT2D eigenvalue weighted by molar-refractivity contribution is -0.122. The van der Waals surface area contributed by atoms with E-state index >= 15 is 0 Å². The van der Waals surface area contributed by atoms with Gasteiger partial charge < -0.3 is 4.74 Å². The van der Waals surface area contributed by atoms with Crippen molar-refractivity contribution in [1.29, 1.82) is 0 Å². The van der Waals surface area contributed by atoms with Crippen LogP contribution in [-0.4, -0.2) is 21.4 Å². The maximum absolute atomic E-state index is 12.1. The van der Waals surface area contributed by atoms with Crippen molar-refractivity contribution in [3.8, 4) is 5.75 Å². The smallest absolute Gasteiger partial charge is 0.277 e. The van der Waals surface area contributed by atoms with Gasteiger partial charge in [0.25, 0.3) is 10.0 Å². The summed E-state index contributed by atoms with van der Waals surface area (Å²) in [5, 5.41) is 1.61. The molecule has 0 bridgehead atoms. The zero-order valence-corrected chi connectivity index (χ0v) is 12.9. The lowest BCUT2D eigenvalue weighted by Crippen LogP contribution is -2.34. The van der Waals surface area contributed by atoms with Crippen LogP contribution < -0.4 is 9.46 Å². The van der Waals surface area contributed by atoms with Crippen LogP contribution >= 0.6 is 11.3 Å². The van der Waals surface area contributed by atoms with Crippen LogP contribution in [0.1, 0.15) is 33.1 Å². The maximum atomic E-state index is 12.1. The second-order valence-electron chi connectivity index (χ2n) is 4.29. The number of hydrogen-bond acceptors (Lipinski definition) is 5. The molecule has 0 fully saturated rings. The molecule has 1 heterocycles. The second-order valence-corrected chi connectivity index (χ2v) is 7.08. The summed E-state index contributed by atoms with van der Waals surface area (Å²) in [5.41, 5.74) is 0. The van der Waals surface area contributed by atoms with E-state index in [1.54, 1.807) is 18.4 Å². The quantitative estimate of drug-likeness (QED) is 0.839. The Labute approximate surface area is 118 Å². The first-order valence-electron chi connectivity index (χ1n) is 6.10.